The first kappa shape index (κ1) is 21.4. The molecule has 0 unspecified atom stereocenters. The third kappa shape index (κ3) is 4.98. The molecular weight excluding hydrogens is 402 g/mol. The average molecular weight is 422 g/mol. The highest BCUT2D eigenvalue weighted by molar-refractivity contribution is 5.98. The normalized spacial score (nSPS) is 13.1. The van der Waals surface area contributed by atoms with Gasteiger partial charge in [0.25, 0.3) is 24.1 Å². The zero-order valence-corrected chi connectivity index (χ0v) is 16.5. The second-order valence-electron chi connectivity index (χ2n) is 7.14. The highest BCUT2D eigenvalue weighted by Crippen LogP contribution is 2.29. The Balaban J connectivity index is 1.74. The summed E-state index contributed by atoms with van der Waals surface area (Å²) in [6.45, 7) is 3.58. The molecule has 3 rings (SSSR count). The molecule has 3 heterocycles. The number of aryl methyl sites for hydroxylation is 1. The standard InChI is InChI=1S/C19H20F2N4O5/c1-10-6-12(7-14(22-10)23-18(27)19(2,3)28)17(26)25-8-11-4-5-15(24-16(11)30-25)29-9-13(20)21/h4-7,13,28H,8-9H2,1-3H3,(H,22,23,27). The molecule has 0 atom stereocenters. The number of halogens is 2. The predicted molar refractivity (Wildman–Crippen MR) is 100 cm³/mol. The number of ether oxygens (including phenoxy) is 1. The van der Waals surface area contributed by atoms with E-state index in [2.05, 4.69) is 15.3 Å². The molecule has 0 aromatic carbocycles. The van der Waals surface area contributed by atoms with Gasteiger partial charge in [-0.2, -0.15) is 10.0 Å². The van der Waals surface area contributed by atoms with Gasteiger partial charge in [-0.1, -0.05) is 0 Å². The van der Waals surface area contributed by atoms with Crippen LogP contribution in [0.3, 0.4) is 0 Å². The fourth-order valence-electron chi connectivity index (χ4n) is 2.55. The Labute approximate surface area is 170 Å². The number of hydroxylamine groups is 2. The fourth-order valence-corrected chi connectivity index (χ4v) is 2.55. The SMILES string of the molecule is Cc1cc(C(=O)N2Cc3ccc(OCC(F)F)nc3O2)cc(NC(=O)C(C)(C)O)n1. The molecule has 0 spiro atoms. The largest absolute Gasteiger partial charge is 0.472 e. The van der Waals surface area contributed by atoms with E-state index >= 15 is 0 Å². The Bertz CT molecular complexity index is 978. The third-order valence-electron chi connectivity index (χ3n) is 4.01. The Morgan fingerprint density at radius 1 is 1.33 bits per heavy atom. The zero-order chi connectivity index (χ0) is 22.1. The van der Waals surface area contributed by atoms with Crippen LogP contribution in [-0.4, -0.2) is 50.6 Å². The number of rotatable bonds is 6. The quantitative estimate of drug-likeness (QED) is 0.733. The monoisotopic (exact) mass is 422 g/mol. The molecule has 9 nitrogen and oxygen atoms in total. The van der Waals surface area contributed by atoms with Gasteiger partial charge < -0.3 is 20.0 Å². The Hall–Kier alpha value is -3.34. The first-order valence-corrected chi connectivity index (χ1v) is 8.96. The summed E-state index contributed by atoms with van der Waals surface area (Å²) in [5.41, 5.74) is -0.389. The first-order chi connectivity index (χ1) is 14.0. The highest BCUT2D eigenvalue weighted by atomic mass is 19.3. The maximum atomic E-state index is 12.9. The van der Waals surface area contributed by atoms with Crippen LogP contribution in [0.25, 0.3) is 0 Å². The van der Waals surface area contributed by atoms with Crippen molar-refractivity contribution in [1.82, 2.24) is 15.0 Å². The van der Waals surface area contributed by atoms with Gasteiger partial charge >= 0.3 is 0 Å². The molecule has 30 heavy (non-hydrogen) atoms. The second kappa shape index (κ2) is 8.19. The Morgan fingerprint density at radius 3 is 2.73 bits per heavy atom. The van der Waals surface area contributed by atoms with E-state index in [9.17, 15) is 23.5 Å². The lowest BCUT2D eigenvalue weighted by Crippen LogP contribution is -2.37. The lowest BCUT2D eigenvalue weighted by Gasteiger charge is -2.18. The molecule has 2 amide bonds. The molecule has 0 bridgehead atoms. The molecule has 0 aliphatic carbocycles. The summed E-state index contributed by atoms with van der Waals surface area (Å²) in [5, 5.41) is 13.3. The summed E-state index contributed by atoms with van der Waals surface area (Å²) in [6, 6.07) is 5.86. The van der Waals surface area contributed by atoms with Gasteiger partial charge in [-0.15, -0.1) is 0 Å². The second-order valence-corrected chi connectivity index (χ2v) is 7.14. The van der Waals surface area contributed by atoms with Crippen LogP contribution < -0.4 is 14.9 Å². The van der Waals surface area contributed by atoms with E-state index in [0.29, 0.717) is 11.3 Å². The smallest absolute Gasteiger partial charge is 0.287 e. The van der Waals surface area contributed by atoms with E-state index in [0.717, 1.165) is 5.06 Å². The number of hydrogen-bond donors (Lipinski definition) is 2. The Morgan fingerprint density at radius 2 is 2.07 bits per heavy atom. The molecule has 2 N–H and O–H groups in total. The lowest BCUT2D eigenvalue weighted by molar-refractivity contribution is -0.130. The van der Waals surface area contributed by atoms with E-state index < -0.39 is 30.4 Å². The van der Waals surface area contributed by atoms with Crippen LogP contribution in [-0.2, 0) is 11.3 Å². The number of aromatic nitrogens is 2. The van der Waals surface area contributed by atoms with Gasteiger partial charge in [-0.05, 0) is 39.0 Å². The number of anilines is 1. The number of nitrogens with one attached hydrogen (secondary N) is 1. The van der Waals surface area contributed by atoms with Crippen molar-refractivity contribution < 1.29 is 33.1 Å². The summed E-state index contributed by atoms with van der Waals surface area (Å²) < 4.78 is 29.4. The number of fused-ring (bicyclic) bond motifs is 1. The number of carbonyl (C=O) groups is 2. The van der Waals surface area contributed by atoms with Crippen LogP contribution >= 0.6 is 0 Å². The maximum absolute atomic E-state index is 12.9. The van der Waals surface area contributed by atoms with Crippen molar-refractivity contribution in [3.05, 3.63) is 41.1 Å². The first-order valence-electron chi connectivity index (χ1n) is 8.96. The molecule has 0 saturated carbocycles. The van der Waals surface area contributed by atoms with Crippen molar-refractivity contribution in [3.63, 3.8) is 0 Å². The molecular formula is C19H20F2N4O5. The van der Waals surface area contributed by atoms with Gasteiger partial charge in [-0.3, -0.25) is 9.59 Å². The van der Waals surface area contributed by atoms with Crippen molar-refractivity contribution in [2.75, 3.05) is 11.9 Å². The van der Waals surface area contributed by atoms with Crippen LogP contribution in [0.4, 0.5) is 14.6 Å². The van der Waals surface area contributed by atoms with Crippen LogP contribution in [0.5, 0.6) is 11.8 Å². The van der Waals surface area contributed by atoms with Gasteiger partial charge in [-0.25, -0.2) is 13.8 Å². The van der Waals surface area contributed by atoms with Crippen LogP contribution in [0, 0.1) is 6.92 Å². The third-order valence-corrected chi connectivity index (χ3v) is 4.01. The number of nitrogens with zero attached hydrogens (tertiary/aromatic N) is 3. The molecule has 11 heteroatoms. The minimum atomic E-state index is -2.64. The van der Waals surface area contributed by atoms with E-state index in [4.69, 9.17) is 9.57 Å². The number of carbonyl (C=O) groups excluding carboxylic acids is 2. The van der Waals surface area contributed by atoms with Gasteiger partial charge in [0.2, 0.25) is 5.88 Å². The number of aliphatic hydroxyl groups is 1. The van der Waals surface area contributed by atoms with Crippen molar-refractivity contribution >= 4 is 17.6 Å². The van der Waals surface area contributed by atoms with Crippen molar-refractivity contribution in [3.8, 4) is 11.8 Å². The van der Waals surface area contributed by atoms with E-state index in [1.54, 1.807) is 13.0 Å². The zero-order valence-electron chi connectivity index (χ0n) is 16.5. The number of hydrogen-bond acceptors (Lipinski definition) is 7. The molecule has 1 aliphatic rings. The van der Waals surface area contributed by atoms with Crippen LogP contribution in [0.15, 0.2) is 24.3 Å². The summed E-state index contributed by atoms with van der Waals surface area (Å²) in [7, 11) is 0. The van der Waals surface area contributed by atoms with Crippen LogP contribution in [0.1, 0.15) is 35.5 Å². The maximum Gasteiger partial charge on any atom is 0.287 e. The average Bonchev–Trinajstić information content (AvgIpc) is 3.07. The highest BCUT2D eigenvalue weighted by Gasteiger charge is 2.29. The number of alkyl halides is 2. The van der Waals surface area contributed by atoms with E-state index in [1.807, 2.05) is 0 Å². The minimum absolute atomic E-state index is 0.0419. The molecule has 2 aromatic rings. The van der Waals surface area contributed by atoms with Gasteiger partial charge in [0, 0.05) is 22.9 Å². The van der Waals surface area contributed by atoms with E-state index in [1.165, 1.54) is 32.0 Å². The van der Waals surface area contributed by atoms with E-state index in [-0.39, 0.29) is 29.7 Å². The Kier molecular flexibility index (Phi) is 5.83. The van der Waals surface area contributed by atoms with Gasteiger partial charge in [0.1, 0.15) is 11.4 Å². The summed E-state index contributed by atoms with van der Waals surface area (Å²) in [5.74, 6) is -1.06. The van der Waals surface area contributed by atoms with Crippen LogP contribution in [0.2, 0.25) is 0 Å². The molecule has 1 aliphatic heterocycles. The summed E-state index contributed by atoms with van der Waals surface area (Å²) in [4.78, 5) is 38.4. The molecule has 0 fully saturated rings. The molecule has 160 valence electrons. The predicted octanol–water partition coefficient (Wildman–Crippen LogP) is 2.09. The summed E-state index contributed by atoms with van der Waals surface area (Å²) in [6.07, 6.45) is -2.64. The number of pyridine rings is 2. The van der Waals surface area contributed by atoms with Gasteiger partial charge in [0.15, 0.2) is 6.61 Å². The fraction of sp³-hybridized carbons (Fsp3) is 0.368. The molecule has 2 aromatic heterocycles. The van der Waals surface area contributed by atoms with Crippen molar-refractivity contribution in [1.29, 1.82) is 0 Å². The van der Waals surface area contributed by atoms with Gasteiger partial charge in [0.05, 0.1) is 6.54 Å². The topological polar surface area (TPSA) is 114 Å². The minimum Gasteiger partial charge on any atom is -0.472 e. The lowest BCUT2D eigenvalue weighted by atomic mass is 10.1. The van der Waals surface area contributed by atoms with Crippen molar-refractivity contribution in [2.45, 2.75) is 39.3 Å². The molecule has 0 radical (unpaired) electrons. The summed E-state index contributed by atoms with van der Waals surface area (Å²) >= 11 is 0. The van der Waals surface area contributed by atoms with Crippen molar-refractivity contribution in [2.24, 2.45) is 0 Å². The number of amides is 2. The molecule has 0 saturated heterocycles.